The highest BCUT2D eigenvalue weighted by molar-refractivity contribution is 6.25. The maximum Gasteiger partial charge on any atom is 0.164 e. The molecule has 2 heterocycles. The van der Waals surface area contributed by atoms with Crippen LogP contribution in [0.5, 0.6) is 0 Å². The number of hydrogen-bond donors (Lipinski definition) is 0. The van der Waals surface area contributed by atoms with Crippen molar-refractivity contribution >= 4 is 49.5 Å². The molecule has 0 N–H and O–H groups in total. The van der Waals surface area contributed by atoms with Crippen LogP contribution in [0.2, 0.25) is 0 Å². The lowest BCUT2D eigenvalue weighted by molar-refractivity contribution is 1.08. The van der Waals surface area contributed by atoms with E-state index in [-0.39, 0.29) is 28.7 Å². The Morgan fingerprint density at radius 3 is 1.95 bits per heavy atom. The van der Waals surface area contributed by atoms with Crippen molar-refractivity contribution in [3.63, 3.8) is 0 Å². The van der Waals surface area contributed by atoms with Crippen LogP contribution in [0.25, 0.3) is 77.9 Å². The van der Waals surface area contributed by atoms with Gasteiger partial charge in [0.05, 0.1) is 45.5 Å². The molecule has 0 aliphatic carbocycles. The van der Waals surface area contributed by atoms with Crippen LogP contribution in [0, 0.1) is 0 Å². The molecule has 5 nitrogen and oxygen atoms in total. The lowest BCUT2D eigenvalue weighted by Gasteiger charge is -2.25. The minimum absolute atomic E-state index is 0.0898. The van der Waals surface area contributed by atoms with Gasteiger partial charge < -0.3 is 4.90 Å². The molecule has 10 rings (SSSR count). The van der Waals surface area contributed by atoms with E-state index in [1.807, 2.05) is 0 Å². The molecule has 0 saturated carbocycles. The first kappa shape index (κ1) is 15.5. The fraction of sp³-hybridized carbons (Fsp3) is 0. The Morgan fingerprint density at radius 2 is 1.07 bits per heavy atom. The molecular weight excluding hydrogens is 671 g/mol. The highest BCUT2D eigenvalue weighted by Gasteiger charge is 2.20. The van der Waals surface area contributed by atoms with Crippen molar-refractivity contribution in [2.45, 2.75) is 0 Å². The van der Waals surface area contributed by atoms with Crippen LogP contribution < -0.4 is 4.90 Å². The van der Waals surface area contributed by atoms with Gasteiger partial charge in [0.25, 0.3) is 0 Å². The summed E-state index contributed by atoms with van der Waals surface area (Å²) in [6, 6.07) is -8.82. The fourth-order valence-corrected chi connectivity index (χ4v) is 5.98. The van der Waals surface area contributed by atoms with Crippen LogP contribution in [-0.4, -0.2) is 19.9 Å². The van der Waals surface area contributed by atoms with Gasteiger partial charge in [-0.25, -0.2) is 19.9 Å². The fourth-order valence-electron chi connectivity index (χ4n) is 5.98. The van der Waals surface area contributed by atoms with E-state index < -0.39 is 217 Å². The van der Waals surface area contributed by atoms with Gasteiger partial charge in [0.15, 0.2) is 17.5 Å². The first-order valence-corrected chi connectivity index (χ1v) is 16.3. The second-order valence-electron chi connectivity index (χ2n) is 11.6. The van der Waals surface area contributed by atoms with Crippen molar-refractivity contribution in [1.82, 2.24) is 19.9 Å². The van der Waals surface area contributed by atoms with Crippen LogP contribution in [0.3, 0.4) is 0 Å². The van der Waals surface area contributed by atoms with Crippen molar-refractivity contribution in [2.75, 3.05) is 4.90 Å². The molecular formula is C50H33N5. The predicted octanol–water partition coefficient (Wildman–Crippen LogP) is 12.9. The zero-order chi connectivity index (χ0) is 58.3. The molecule has 5 heteroatoms. The van der Waals surface area contributed by atoms with E-state index in [0.717, 1.165) is 23.1 Å². The van der Waals surface area contributed by atoms with Gasteiger partial charge in [-0.05, 0) is 59.1 Å². The lowest BCUT2D eigenvalue weighted by Crippen LogP contribution is -2.09. The van der Waals surface area contributed by atoms with Crippen molar-refractivity contribution in [1.29, 1.82) is 0 Å². The molecule has 0 saturated heterocycles. The zero-order valence-electron chi connectivity index (χ0n) is 52.9. The summed E-state index contributed by atoms with van der Waals surface area (Å²) in [4.78, 5) is 19.2. The molecule has 258 valence electrons. The predicted molar refractivity (Wildman–Crippen MR) is 227 cm³/mol. The second-order valence-corrected chi connectivity index (χ2v) is 11.6. The molecule has 0 fully saturated rings. The smallest absolute Gasteiger partial charge is 0.164 e. The van der Waals surface area contributed by atoms with Crippen LogP contribution in [0.1, 0.15) is 34.3 Å². The minimum atomic E-state index is -0.944. The number of fused-ring (bicyclic) bond motifs is 5. The third kappa shape index (κ3) is 5.94. The largest absolute Gasteiger partial charge is 0.311 e. The molecule has 0 radical (unpaired) electrons. The number of hydrogen-bond acceptors (Lipinski definition) is 5. The van der Waals surface area contributed by atoms with E-state index in [1.165, 1.54) is 30.3 Å². The molecule has 0 aliphatic rings. The van der Waals surface area contributed by atoms with Crippen LogP contribution >= 0.6 is 0 Å². The Kier molecular flexibility index (Phi) is 3.88. The maximum atomic E-state index is 10.3. The number of pyridine rings is 1. The van der Waals surface area contributed by atoms with Gasteiger partial charge in [0, 0.05) is 55.5 Å². The molecule has 10 aromatic rings. The first-order valence-electron chi connectivity index (χ1n) is 28.8. The van der Waals surface area contributed by atoms with E-state index in [0.29, 0.717) is 0 Å². The third-order valence-corrected chi connectivity index (χ3v) is 8.36. The number of para-hydroxylation sites is 3. The summed E-state index contributed by atoms with van der Waals surface area (Å²) < 4.78 is 223. The molecule has 0 aliphatic heterocycles. The second kappa shape index (κ2) is 13.8. The Labute approximate surface area is 354 Å². The Balaban J connectivity index is 1.42. The summed E-state index contributed by atoms with van der Waals surface area (Å²) in [5.74, 6) is -1.42. The number of anilines is 3. The van der Waals surface area contributed by atoms with Gasteiger partial charge in [-0.1, -0.05) is 151 Å². The Hall–Kier alpha value is -7.50. The Morgan fingerprint density at radius 1 is 0.382 bits per heavy atom. The SMILES string of the molecule is [2H]c1cc(-c2nc(-c3ccc([2H])c([2H])c3[2H])nc(-c3c([2H])c4c(-c5cc([2H])c(N(c6cccc([2H])c6[2H])c6c([2H])c([2H])c([2H])c([2H])c6[2H])c([2H])c5[2H])nc5c([2H])c([2H])c([2H])c([2H])c5c4c4c([2H])c([2H])c([2H])c([2H])c34)n2)cc([2H])c1[2H]. The minimum Gasteiger partial charge on any atom is -0.311 e. The standard InChI is InChI=1S/C50H33N5/c1-5-17-35(18-6-1)48-52-49(36-19-7-2-8-20-36)54-50(53-48)43-33-44-46(41-26-14-13-25-40(41)43)42-27-15-16-28-45(42)51-47(44)34-29-31-39(32-30-34)55(37-21-9-3-10-22-37)38-23-11-4-12-24-38/h1-33H/i1D,2D,3D,5D,6D,7D,9D,10D,11D,13D,14D,15D,16D,19D,21D,22D,23D,25D,26D,27D,28D,29D,31D,32D,33D. The van der Waals surface area contributed by atoms with Gasteiger partial charge in [0.2, 0.25) is 0 Å². The maximum absolute atomic E-state index is 10.3. The summed E-state index contributed by atoms with van der Waals surface area (Å²) in [6.45, 7) is 0. The van der Waals surface area contributed by atoms with Gasteiger partial charge in [-0.2, -0.15) is 0 Å². The molecule has 0 atom stereocenters. The highest BCUT2D eigenvalue weighted by Crippen LogP contribution is 2.42. The van der Waals surface area contributed by atoms with Crippen molar-refractivity contribution in [3.8, 4) is 45.4 Å². The monoisotopic (exact) mass is 728 g/mol. The van der Waals surface area contributed by atoms with E-state index in [2.05, 4.69) is 19.9 Å². The first-order chi connectivity index (χ1) is 37.6. The van der Waals surface area contributed by atoms with Crippen LogP contribution in [-0.2, 0) is 0 Å². The molecule has 8 aromatic carbocycles. The van der Waals surface area contributed by atoms with Crippen molar-refractivity contribution in [3.05, 3.63) is 200 Å². The van der Waals surface area contributed by atoms with Crippen LogP contribution in [0.15, 0.2) is 200 Å². The van der Waals surface area contributed by atoms with Gasteiger partial charge in [-0.3, -0.25) is 0 Å². The van der Waals surface area contributed by atoms with Crippen molar-refractivity contribution < 1.29 is 34.3 Å². The molecule has 0 spiro atoms. The summed E-state index contributed by atoms with van der Waals surface area (Å²) >= 11 is 0. The number of benzene rings is 8. The van der Waals surface area contributed by atoms with Crippen LogP contribution in [0.4, 0.5) is 17.1 Å². The number of rotatable bonds is 7. The average molecular weight is 729 g/mol. The van der Waals surface area contributed by atoms with E-state index >= 15 is 0 Å². The van der Waals surface area contributed by atoms with Gasteiger partial charge in [-0.15, -0.1) is 0 Å². The van der Waals surface area contributed by atoms with E-state index in [1.54, 1.807) is 0 Å². The quantitative estimate of drug-likeness (QED) is 0.153. The molecule has 55 heavy (non-hydrogen) atoms. The summed E-state index contributed by atoms with van der Waals surface area (Å²) in [5, 5.41) is -2.52. The average Bonchev–Trinajstić information content (AvgIpc) is 3.63. The molecule has 2 aromatic heterocycles. The van der Waals surface area contributed by atoms with E-state index in [9.17, 15) is 9.60 Å². The van der Waals surface area contributed by atoms with Gasteiger partial charge >= 0.3 is 0 Å². The third-order valence-electron chi connectivity index (χ3n) is 8.36. The normalized spacial score (nSPS) is 17.6. The lowest BCUT2D eigenvalue weighted by atomic mass is 9.92. The summed E-state index contributed by atoms with van der Waals surface area (Å²) in [7, 11) is 0. The summed E-state index contributed by atoms with van der Waals surface area (Å²) in [5.41, 5.74) is -4.25. The summed E-state index contributed by atoms with van der Waals surface area (Å²) in [6.07, 6.45) is 0. The molecule has 0 unspecified atom stereocenters. The Bertz CT molecular complexity index is 4410. The highest BCUT2D eigenvalue weighted by atomic mass is 15.1. The number of aromatic nitrogens is 4. The molecule has 0 amide bonds. The topological polar surface area (TPSA) is 54.8 Å². The number of nitrogens with zero attached hydrogens (tertiary/aromatic N) is 5. The van der Waals surface area contributed by atoms with E-state index in [4.69, 9.17) is 24.7 Å². The van der Waals surface area contributed by atoms with Crippen molar-refractivity contribution in [2.24, 2.45) is 0 Å². The van der Waals surface area contributed by atoms with Gasteiger partial charge in [0.1, 0.15) is 0 Å². The zero-order valence-corrected chi connectivity index (χ0v) is 27.9. The molecule has 0 bridgehead atoms.